The van der Waals surface area contributed by atoms with Crippen molar-refractivity contribution in [3.63, 3.8) is 0 Å². The summed E-state index contributed by atoms with van der Waals surface area (Å²) in [6, 6.07) is 0.825. The van der Waals surface area contributed by atoms with E-state index in [0.29, 0.717) is 18.0 Å². The van der Waals surface area contributed by atoms with Crippen molar-refractivity contribution >= 4 is 12.0 Å². The van der Waals surface area contributed by atoms with E-state index in [-0.39, 0.29) is 6.01 Å². The zero-order chi connectivity index (χ0) is 10.6. The highest BCUT2D eigenvalue weighted by Crippen LogP contribution is 2.14. The lowest BCUT2D eigenvalue weighted by Gasteiger charge is -2.15. The van der Waals surface area contributed by atoms with Crippen LogP contribution in [-0.4, -0.2) is 16.2 Å². The topological polar surface area (TPSA) is 77.0 Å². The van der Waals surface area contributed by atoms with Crippen molar-refractivity contribution in [2.24, 2.45) is 5.92 Å². The van der Waals surface area contributed by atoms with Crippen molar-refractivity contribution in [2.45, 2.75) is 39.7 Å². The quantitative estimate of drug-likeness (QED) is 0.755. The largest absolute Gasteiger partial charge is 0.390 e. The highest BCUT2D eigenvalue weighted by molar-refractivity contribution is 5.23. The predicted molar refractivity (Wildman–Crippen MR) is 55.9 cm³/mol. The third-order valence-electron chi connectivity index (χ3n) is 2.26. The summed E-state index contributed by atoms with van der Waals surface area (Å²) in [7, 11) is 0. The van der Waals surface area contributed by atoms with E-state index in [1.807, 2.05) is 0 Å². The maximum Gasteiger partial charge on any atom is 0.317 e. The van der Waals surface area contributed by atoms with Gasteiger partial charge in [0.05, 0.1) is 0 Å². The van der Waals surface area contributed by atoms with Crippen LogP contribution in [0.25, 0.3) is 0 Å². The van der Waals surface area contributed by atoms with E-state index in [1.54, 1.807) is 0 Å². The maximum atomic E-state index is 5.30. The molecule has 0 amide bonds. The molecule has 0 saturated carbocycles. The Labute approximate surface area is 84.1 Å². The molecule has 2 unspecified atom stereocenters. The van der Waals surface area contributed by atoms with Gasteiger partial charge in [0.2, 0.25) is 0 Å². The number of nitrogen functional groups attached to an aromatic ring is 1. The zero-order valence-electron chi connectivity index (χ0n) is 8.95. The molecule has 0 fully saturated rings. The highest BCUT2D eigenvalue weighted by Gasteiger charge is 2.10. The average molecular weight is 198 g/mol. The van der Waals surface area contributed by atoms with Crippen LogP contribution in [0.2, 0.25) is 0 Å². The summed E-state index contributed by atoms with van der Waals surface area (Å²) in [6.07, 6.45) is 2.26. The number of anilines is 2. The summed E-state index contributed by atoms with van der Waals surface area (Å²) < 4.78 is 5.01. The van der Waals surface area contributed by atoms with Gasteiger partial charge in [0.15, 0.2) is 0 Å². The number of rotatable bonds is 5. The van der Waals surface area contributed by atoms with E-state index in [0.717, 1.165) is 6.42 Å². The average Bonchev–Trinajstić information content (AvgIpc) is 2.50. The van der Waals surface area contributed by atoms with Crippen molar-refractivity contribution in [1.29, 1.82) is 0 Å². The summed E-state index contributed by atoms with van der Waals surface area (Å²) in [5.41, 5.74) is 5.30. The van der Waals surface area contributed by atoms with E-state index in [2.05, 4.69) is 36.3 Å². The van der Waals surface area contributed by atoms with Crippen LogP contribution < -0.4 is 11.1 Å². The van der Waals surface area contributed by atoms with Crippen LogP contribution in [0.3, 0.4) is 0 Å². The first-order valence-electron chi connectivity index (χ1n) is 4.97. The molecule has 5 nitrogen and oxygen atoms in total. The molecule has 2 atom stereocenters. The van der Waals surface area contributed by atoms with Crippen molar-refractivity contribution < 1.29 is 4.42 Å². The van der Waals surface area contributed by atoms with Gasteiger partial charge in [-0.05, 0) is 19.3 Å². The Morgan fingerprint density at radius 3 is 2.64 bits per heavy atom. The predicted octanol–water partition coefficient (Wildman–Crippen LogP) is 1.89. The van der Waals surface area contributed by atoms with Crippen molar-refractivity contribution in [3.05, 3.63) is 0 Å². The van der Waals surface area contributed by atoms with Crippen molar-refractivity contribution in [3.8, 4) is 0 Å². The first-order valence-corrected chi connectivity index (χ1v) is 4.97. The van der Waals surface area contributed by atoms with Gasteiger partial charge in [0, 0.05) is 6.04 Å². The molecular weight excluding hydrogens is 180 g/mol. The molecule has 0 aromatic carbocycles. The van der Waals surface area contributed by atoms with Gasteiger partial charge in [-0.3, -0.25) is 0 Å². The van der Waals surface area contributed by atoms with Crippen LogP contribution in [0.1, 0.15) is 33.6 Å². The molecule has 0 bridgehead atoms. The minimum Gasteiger partial charge on any atom is -0.390 e. The first-order chi connectivity index (χ1) is 6.61. The second-order valence-corrected chi connectivity index (χ2v) is 3.74. The molecule has 0 aliphatic rings. The molecule has 80 valence electrons. The van der Waals surface area contributed by atoms with Crippen molar-refractivity contribution in [2.75, 3.05) is 11.1 Å². The highest BCUT2D eigenvalue weighted by atomic mass is 16.4. The van der Waals surface area contributed by atoms with Gasteiger partial charge in [-0.25, -0.2) is 0 Å². The molecule has 14 heavy (non-hydrogen) atoms. The second kappa shape index (κ2) is 4.83. The van der Waals surface area contributed by atoms with E-state index in [1.165, 1.54) is 6.42 Å². The molecule has 5 heteroatoms. The van der Waals surface area contributed by atoms with Gasteiger partial charge in [-0.15, -0.1) is 0 Å². The number of nitrogens with one attached hydrogen (secondary N) is 1. The smallest absolute Gasteiger partial charge is 0.317 e. The third-order valence-corrected chi connectivity index (χ3v) is 2.26. The molecule has 3 N–H and O–H groups in total. The van der Waals surface area contributed by atoms with Gasteiger partial charge in [0.1, 0.15) is 0 Å². The Morgan fingerprint density at radius 2 is 2.14 bits per heavy atom. The van der Waals surface area contributed by atoms with E-state index in [9.17, 15) is 0 Å². The number of aromatic nitrogens is 2. The van der Waals surface area contributed by atoms with Crippen LogP contribution in [0.4, 0.5) is 12.0 Å². The van der Waals surface area contributed by atoms with E-state index in [4.69, 9.17) is 10.2 Å². The monoisotopic (exact) mass is 198 g/mol. The zero-order valence-corrected chi connectivity index (χ0v) is 8.95. The van der Waals surface area contributed by atoms with E-state index >= 15 is 0 Å². The Kier molecular flexibility index (Phi) is 3.73. The maximum absolute atomic E-state index is 5.30. The van der Waals surface area contributed by atoms with Crippen LogP contribution in [-0.2, 0) is 0 Å². The van der Waals surface area contributed by atoms with Crippen LogP contribution in [0, 0.1) is 5.92 Å². The molecular formula is C9H18N4O. The third kappa shape index (κ3) is 3.24. The minimum atomic E-state index is 0.100. The summed E-state index contributed by atoms with van der Waals surface area (Å²) in [6.45, 7) is 6.50. The molecule has 0 saturated heterocycles. The molecule has 1 aromatic rings. The van der Waals surface area contributed by atoms with Gasteiger partial charge < -0.3 is 15.5 Å². The lowest BCUT2D eigenvalue weighted by molar-refractivity contribution is 0.473. The molecule has 1 rings (SSSR count). The molecule has 1 heterocycles. The fraction of sp³-hybridized carbons (Fsp3) is 0.778. The first kappa shape index (κ1) is 10.8. The second-order valence-electron chi connectivity index (χ2n) is 3.74. The normalized spacial score (nSPS) is 15.1. The van der Waals surface area contributed by atoms with Gasteiger partial charge in [-0.1, -0.05) is 30.5 Å². The van der Waals surface area contributed by atoms with Gasteiger partial charge in [0.25, 0.3) is 0 Å². The Bertz CT molecular complexity index is 274. The Hall–Kier alpha value is -1.26. The fourth-order valence-electron chi connectivity index (χ4n) is 1.33. The summed E-state index contributed by atoms with van der Waals surface area (Å²) in [5, 5.41) is 10.4. The van der Waals surface area contributed by atoms with Crippen LogP contribution in [0.15, 0.2) is 4.42 Å². The number of hydrogen-bond acceptors (Lipinski definition) is 5. The number of nitrogens with zero attached hydrogens (tertiary/aromatic N) is 2. The summed E-state index contributed by atoms with van der Waals surface area (Å²) in [4.78, 5) is 0. The number of hydrogen-bond donors (Lipinski definition) is 2. The number of nitrogens with two attached hydrogens (primary N) is 1. The van der Waals surface area contributed by atoms with E-state index < -0.39 is 0 Å². The molecule has 0 aliphatic heterocycles. The minimum absolute atomic E-state index is 0.100. The Balaban J connectivity index is 2.37. The Morgan fingerprint density at radius 1 is 1.43 bits per heavy atom. The van der Waals surface area contributed by atoms with Crippen molar-refractivity contribution in [1.82, 2.24) is 10.2 Å². The fourth-order valence-corrected chi connectivity index (χ4v) is 1.33. The molecule has 1 aromatic heterocycles. The van der Waals surface area contributed by atoms with Gasteiger partial charge >= 0.3 is 12.0 Å². The molecule has 0 spiro atoms. The molecule has 0 aliphatic carbocycles. The lowest BCUT2D eigenvalue weighted by atomic mass is 10.0. The summed E-state index contributed by atoms with van der Waals surface area (Å²) in [5.74, 6) is 0.692. The van der Waals surface area contributed by atoms with Crippen LogP contribution >= 0.6 is 0 Å². The SMILES string of the molecule is CCC(C)CC(C)Nc1nnc(N)o1. The summed E-state index contributed by atoms with van der Waals surface area (Å²) >= 11 is 0. The molecule has 0 radical (unpaired) electrons. The van der Waals surface area contributed by atoms with Crippen LogP contribution in [0.5, 0.6) is 0 Å². The standard InChI is InChI=1S/C9H18N4O/c1-4-6(2)5-7(3)11-9-13-12-8(10)14-9/h6-7H,4-5H2,1-3H3,(H2,10,12)(H,11,13). The van der Waals surface area contributed by atoms with Gasteiger partial charge in [-0.2, -0.15) is 0 Å². The lowest BCUT2D eigenvalue weighted by Crippen LogP contribution is -2.18.